The molecule has 0 bridgehead atoms. The van der Waals surface area contributed by atoms with Gasteiger partial charge in [0, 0.05) is 6.54 Å². The van der Waals surface area contributed by atoms with Crippen molar-refractivity contribution < 1.29 is 0 Å². The van der Waals surface area contributed by atoms with Crippen LogP contribution < -0.4 is 0 Å². The summed E-state index contributed by atoms with van der Waals surface area (Å²) in [4.78, 5) is 4.72. The van der Waals surface area contributed by atoms with E-state index in [1.165, 1.54) is 23.9 Å². The van der Waals surface area contributed by atoms with Crippen molar-refractivity contribution in [2.45, 2.75) is 45.5 Å². The molecule has 1 unspecified atom stereocenters. The molecule has 0 N–H and O–H groups in total. The zero-order valence-corrected chi connectivity index (χ0v) is 12.0. The molecule has 1 aromatic heterocycles. The molecule has 1 aliphatic rings. The van der Waals surface area contributed by atoms with Crippen molar-refractivity contribution >= 4 is 22.6 Å². The molecule has 2 nitrogen and oxygen atoms in total. The van der Waals surface area contributed by atoms with Crippen LogP contribution in [0.2, 0.25) is 0 Å². The van der Waals surface area contributed by atoms with E-state index in [1.54, 1.807) is 0 Å². The number of aromatic nitrogens is 2. The van der Waals surface area contributed by atoms with E-state index in [0.29, 0.717) is 5.41 Å². The first kappa shape index (κ1) is 12.0. The number of aryl methyl sites for hydroxylation is 1. The summed E-state index contributed by atoms with van der Waals surface area (Å²) in [6, 6.07) is 6.47. The molecule has 3 heteroatoms. The number of halogens is 1. The van der Waals surface area contributed by atoms with E-state index in [0.717, 1.165) is 17.9 Å². The molecule has 0 spiro atoms. The zero-order chi connectivity index (χ0) is 12.9. The monoisotopic (exact) mass is 262 g/mol. The van der Waals surface area contributed by atoms with Crippen LogP contribution in [0, 0.1) is 12.3 Å². The Hall–Kier alpha value is -1.02. The average Bonchev–Trinajstić information content (AvgIpc) is 2.91. The molecule has 0 aliphatic heterocycles. The number of alkyl halides is 1. The smallest absolute Gasteiger partial charge is 0.127 e. The van der Waals surface area contributed by atoms with Crippen LogP contribution >= 0.6 is 11.6 Å². The van der Waals surface area contributed by atoms with E-state index >= 15 is 0 Å². The van der Waals surface area contributed by atoms with Gasteiger partial charge in [-0.05, 0) is 49.8 Å². The van der Waals surface area contributed by atoms with Gasteiger partial charge in [-0.15, -0.1) is 11.6 Å². The van der Waals surface area contributed by atoms with Gasteiger partial charge < -0.3 is 4.57 Å². The lowest BCUT2D eigenvalue weighted by Crippen LogP contribution is -2.11. The minimum atomic E-state index is -0.0416. The molecule has 1 aliphatic carbocycles. The SMILES string of the molecule is Cc1ccc2c(c1)nc(C(C)Cl)n2CC1(C)CC1. The van der Waals surface area contributed by atoms with Crippen LogP contribution in [-0.2, 0) is 6.54 Å². The van der Waals surface area contributed by atoms with Crippen LogP contribution in [0.1, 0.15) is 43.5 Å². The molecule has 0 saturated heterocycles. The maximum atomic E-state index is 6.29. The Morgan fingerprint density at radius 3 is 2.78 bits per heavy atom. The first-order valence-corrected chi connectivity index (χ1v) is 7.03. The van der Waals surface area contributed by atoms with Gasteiger partial charge in [0.05, 0.1) is 16.4 Å². The molecule has 1 aromatic carbocycles. The van der Waals surface area contributed by atoms with Gasteiger partial charge in [-0.3, -0.25) is 0 Å². The van der Waals surface area contributed by atoms with Crippen LogP contribution in [0.4, 0.5) is 0 Å². The molecule has 3 rings (SSSR count). The Morgan fingerprint density at radius 1 is 1.44 bits per heavy atom. The second kappa shape index (κ2) is 3.99. The highest BCUT2D eigenvalue weighted by Crippen LogP contribution is 2.47. The molecule has 2 aromatic rings. The minimum absolute atomic E-state index is 0.0416. The van der Waals surface area contributed by atoms with Crippen molar-refractivity contribution in [3.05, 3.63) is 29.6 Å². The predicted molar refractivity (Wildman–Crippen MR) is 76.1 cm³/mol. The Balaban J connectivity index is 2.15. The highest BCUT2D eigenvalue weighted by molar-refractivity contribution is 6.20. The van der Waals surface area contributed by atoms with Crippen LogP contribution in [0.3, 0.4) is 0 Å². The van der Waals surface area contributed by atoms with Crippen molar-refractivity contribution in [2.24, 2.45) is 5.41 Å². The van der Waals surface area contributed by atoms with Crippen LogP contribution in [0.15, 0.2) is 18.2 Å². The van der Waals surface area contributed by atoms with Gasteiger partial charge in [-0.25, -0.2) is 4.98 Å². The standard InChI is InChI=1S/C15H19ClN2/c1-10-4-5-13-12(8-10)17-14(11(2)16)18(13)9-15(3)6-7-15/h4-5,8,11H,6-7,9H2,1-3H3. The van der Waals surface area contributed by atoms with E-state index in [1.807, 2.05) is 6.92 Å². The summed E-state index contributed by atoms with van der Waals surface area (Å²) in [6.45, 7) is 7.49. The fourth-order valence-corrected chi connectivity index (χ4v) is 2.65. The van der Waals surface area contributed by atoms with Gasteiger partial charge in [0.2, 0.25) is 0 Å². The number of hydrogen-bond acceptors (Lipinski definition) is 1. The maximum Gasteiger partial charge on any atom is 0.127 e. The zero-order valence-electron chi connectivity index (χ0n) is 11.2. The van der Waals surface area contributed by atoms with E-state index in [2.05, 4.69) is 36.6 Å². The number of benzene rings is 1. The molecule has 0 radical (unpaired) electrons. The van der Waals surface area contributed by atoms with E-state index in [4.69, 9.17) is 16.6 Å². The van der Waals surface area contributed by atoms with Gasteiger partial charge in [0.1, 0.15) is 5.82 Å². The van der Waals surface area contributed by atoms with Crippen molar-refractivity contribution in [3.8, 4) is 0 Å². The first-order valence-electron chi connectivity index (χ1n) is 6.59. The number of rotatable bonds is 3. The summed E-state index contributed by atoms with van der Waals surface area (Å²) in [5.74, 6) is 1.00. The lowest BCUT2D eigenvalue weighted by molar-refractivity contribution is 0.461. The highest BCUT2D eigenvalue weighted by Gasteiger charge is 2.38. The van der Waals surface area contributed by atoms with Gasteiger partial charge in [0.15, 0.2) is 0 Å². The first-order chi connectivity index (χ1) is 8.48. The second-order valence-electron chi connectivity index (χ2n) is 5.97. The summed E-state index contributed by atoms with van der Waals surface area (Å²) >= 11 is 6.29. The quantitative estimate of drug-likeness (QED) is 0.748. The summed E-state index contributed by atoms with van der Waals surface area (Å²) in [5, 5.41) is -0.0416. The molecule has 1 fully saturated rings. The number of imidazole rings is 1. The molecule has 18 heavy (non-hydrogen) atoms. The summed E-state index contributed by atoms with van der Waals surface area (Å²) in [5.41, 5.74) is 4.00. The van der Waals surface area contributed by atoms with Gasteiger partial charge in [0.25, 0.3) is 0 Å². The number of nitrogens with zero attached hydrogens (tertiary/aromatic N) is 2. The molecular weight excluding hydrogens is 244 g/mol. The van der Waals surface area contributed by atoms with E-state index in [9.17, 15) is 0 Å². The molecule has 1 atom stereocenters. The Labute approximate surface area is 113 Å². The molecule has 0 amide bonds. The third kappa shape index (κ3) is 2.03. The number of fused-ring (bicyclic) bond motifs is 1. The molecule has 1 heterocycles. The fraction of sp³-hybridized carbons (Fsp3) is 0.533. The summed E-state index contributed by atoms with van der Waals surface area (Å²) in [7, 11) is 0. The molecular formula is C15H19ClN2. The lowest BCUT2D eigenvalue weighted by Gasteiger charge is -2.14. The normalized spacial score (nSPS) is 19.1. The van der Waals surface area contributed by atoms with Crippen LogP contribution in [-0.4, -0.2) is 9.55 Å². The Morgan fingerprint density at radius 2 is 2.17 bits per heavy atom. The van der Waals surface area contributed by atoms with Crippen molar-refractivity contribution in [1.82, 2.24) is 9.55 Å². The summed E-state index contributed by atoms with van der Waals surface area (Å²) < 4.78 is 2.32. The maximum absolute atomic E-state index is 6.29. The van der Waals surface area contributed by atoms with Gasteiger partial charge in [-0.1, -0.05) is 13.0 Å². The largest absolute Gasteiger partial charge is 0.326 e. The second-order valence-corrected chi connectivity index (χ2v) is 6.63. The van der Waals surface area contributed by atoms with Gasteiger partial charge in [-0.2, -0.15) is 0 Å². The van der Waals surface area contributed by atoms with Crippen molar-refractivity contribution in [3.63, 3.8) is 0 Å². The lowest BCUT2D eigenvalue weighted by atomic mass is 10.1. The molecule has 1 saturated carbocycles. The summed E-state index contributed by atoms with van der Waals surface area (Å²) in [6.07, 6.45) is 2.63. The predicted octanol–water partition coefficient (Wildman–Crippen LogP) is 4.44. The van der Waals surface area contributed by atoms with Crippen molar-refractivity contribution in [2.75, 3.05) is 0 Å². The average molecular weight is 263 g/mol. The van der Waals surface area contributed by atoms with E-state index < -0.39 is 0 Å². The van der Waals surface area contributed by atoms with E-state index in [-0.39, 0.29) is 5.38 Å². The highest BCUT2D eigenvalue weighted by atomic mass is 35.5. The Bertz CT molecular complexity index is 594. The van der Waals surface area contributed by atoms with Crippen molar-refractivity contribution in [1.29, 1.82) is 0 Å². The minimum Gasteiger partial charge on any atom is -0.326 e. The van der Waals surface area contributed by atoms with Gasteiger partial charge >= 0.3 is 0 Å². The van der Waals surface area contributed by atoms with Crippen LogP contribution in [0.25, 0.3) is 11.0 Å². The topological polar surface area (TPSA) is 17.8 Å². The third-order valence-corrected chi connectivity index (χ3v) is 4.13. The van der Waals surface area contributed by atoms with Crippen LogP contribution in [0.5, 0.6) is 0 Å². The Kier molecular flexibility index (Phi) is 2.67. The molecule has 96 valence electrons. The third-order valence-electron chi connectivity index (χ3n) is 3.93. The number of hydrogen-bond donors (Lipinski definition) is 0. The fourth-order valence-electron chi connectivity index (χ4n) is 2.48.